The van der Waals surface area contributed by atoms with Crippen LogP contribution in [0.5, 0.6) is 0 Å². The first-order valence-corrected chi connectivity index (χ1v) is 6.14. The molecule has 1 N–H and O–H groups in total. The van der Waals surface area contributed by atoms with Gasteiger partial charge < -0.3 is 10.2 Å². The summed E-state index contributed by atoms with van der Waals surface area (Å²) >= 11 is 0. The van der Waals surface area contributed by atoms with Crippen LogP contribution in [0.3, 0.4) is 0 Å². The van der Waals surface area contributed by atoms with Crippen molar-refractivity contribution in [1.29, 1.82) is 5.26 Å². The van der Waals surface area contributed by atoms with Crippen molar-refractivity contribution in [3.05, 3.63) is 52.1 Å². The molecule has 0 saturated heterocycles. The largest absolute Gasteiger partial charge is 0.373 e. The van der Waals surface area contributed by atoms with Gasteiger partial charge in [-0.1, -0.05) is 0 Å². The highest BCUT2D eigenvalue weighted by atomic mass is 16.6. The second-order valence-electron chi connectivity index (χ2n) is 4.26. The lowest BCUT2D eigenvalue weighted by atomic mass is 10.2. The lowest BCUT2D eigenvalue weighted by Gasteiger charge is -2.18. The maximum atomic E-state index is 11.1. The minimum absolute atomic E-state index is 0.0825. The SMILES string of the molecule is CNc1ccc([N+](=O)[O-])c(N(C)c2ccc(C#N)cc2)n1. The van der Waals surface area contributed by atoms with Crippen molar-refractivity contribution in [2.45, 2.75) is 0 Å². The Morgan fingerprint density at radius 3 is 2.48 bits per heavy atom. The first kappa shape index (κ1) is 14.3. The number of nitro groups is 1. The third kappa shape index (κ3) is 2.90. The maximum Gasteiger partial charge on any atom is 0.312 e. The third-order valence-corrected chi connectivity index (χ3v) is 3.01. The highest BCUT2D eigenvalue weighted by Gasteiger charge is 2.20. The molecule has 1 heterocycles. The summed E-state index contributed by atoms with van der Waals surface area (Å²) in [6, 6.07) is 11.7. The molecule has 7 heteroatoms. The van der Waals surface area contributed by atoms with Crippen LogP contribution in [-0.2, 0) is 0 Å². The number of rotatable bonds is 4. The summed E-state index contributed by atoms with van der Waals surface area (Å²) < 4.78 is 0. The molecule has 21 heavy (non-hydrogen) atoms. The number of benzene rings is 1. The van der Waals surface area contributed by atoms with Crippen LogP contribution in [0.1, 0.15) is 5.56 Å². The summed E-state index contributed by atoms with van der Waals surface area (Å²) in [7, 11) is 3.38. The minimum Gasteiger partial charge on any atom is -0.373 e. The van der Waals surface area contributed by atoms with Gasteiger partial charge in [-0.2, -0.15) is 5.26 Å². The Balaban J connectivity index is 2.47. The van der Waals surface area contributed by atoms with Gasteiger partial charge in [-0.25, -0.2) is 4.98 Å². The van der Waals surface area contributed by atoms with E-state index in [-0.39, 0.29) is 11.5 Å². The predicted octanol–water partition coefficient (Wildman–Crippen LogP) is 2.67. The van der Waals surface area contributed by atoms with Crippen molar-refractivity contribution in [3.8, 4) is 6.07 Å². The van der Waals surface area contributed by atoms with E-state index in [9.17, 15) is 10.1 Å². The van der Waals surface area contributed by atoms with E-state index in [0.717, 1.165) is 0 Å². The number of nitrogens with one attached hydrogen (secondary N) is 1. The molecule has 0 aliphatic rings. The van der Waals surface area contributed by atoms with E-state index in [0.29, 0.717) is 17.1 Å². The molecule has 0 fully saturated rings. The smallest absolute Gasteiger partial charge is 0.312 e. The highest BCUT2D eigenvalue weighted by molar-refractivity contribution is 5.70. The molecule has 1 aromatic heterocycles. The van der Waals surface area contributed by atoms with Crippen LogP contribution in [-0.4, -0.2) is 24.0 Å². The highest BCUT2D eigenvalue weighted by Crippen LogP contribution is 2.31. The minimum atomic E-state index is -0.470. The van der Waals surface area contributed by atoms with Gasteiger partial charge in [0.15, 0.2) is 0 Å². The number of hydrogen-bond donors (Lipinski definition) is 1. The second-order valence-corrected chi connectivity index (χ2v) is 4.26. The second kappa shape index (κ2) is 5.88. The summed E-state index contributed by atoms with van der Waals surface area (Å²) in [5.41, 5.74) is 1.15. The lowest BCUT2D eigenvalue weighted by molar-refractivity contribution is -0.384. The first-order chi connectivity index (χ1) is 10.1. The zero-order valence-electron chi connectivity index (χ0n) is 11.6. The molecule has 0 saturated carbocycles. The Labute approximate surface area is 121 Å². The van der Waals surface area contributed by atoms with Gasteiger partial charge in [0.25, 0.3) is 0 Å². The summed E-state index contributed by atoms with van der Waals surface area (Å²) in [5.74, 6) is 0.771. The fraction of sp³-hybridized carbons (Fsp3) is 0.143. The molecule has 0 unspecified atom stereocenters. The molecule has 0 amide bonds. The van der Waals surface area contributed by atoms with E-state index in [1.165, 1.54) is 6.07 Å². The van der Waals surface area contributed by atoms with Gasteiger partial charge in [-0.05, 0) is 30.3 Å². The van der Waals surface area contributed by atoms with Gasteiger partial charge in [0.05, 0.1) is 16.6 Å². The molecule has 2 rings (SSSR count). The van der Waals surface area contributed by atoms with Crippen molar-refractivity contribution < 1.29 is 4.92 Å². The quantitative estimate of drug-likeness (QED) is 0.684. The zero-order chi connectivity index (χ0) is 15.4. The Bertz CT molecular complexity index is 706. The van der Waals surface area contributed by atoms with Crippen LogP contribution in [0.25, 0.3) is 0 Å². The molecule has 0 bridgehead atoms. The van der Waals surface area contributed by atoms with Gasteiger partial charge in [0, 0.05) is 25.8 Å². The van der Waals surface area contributed by atoms with Gasteiger partial charge >= 0.3 is 5.69 Å². The predicted molar refractivity (Wildman–Crippen MR) is 79.7 cm³/mol. The number of nitrogens with zero attached hydrogens (tertiary/aromatic N) is 4. The molecule has 0 aliphatic heterocycles. The van der Waals surface area contributed by atoms with Crippen LogP contribution in [0.2, 0.25) is 0 Å². The number of anilines is 3. The average molecular weight is 283 g/mol. The standard InChI is InChI=1S/C14H13N5O2/c1-16-13-8-7-12(19(20)21)14(17-13)18(2)11-5-3-10(9-15)4-6-11/h3-8H,1-2H3,(H,16,17). The normalized spacial score (nSPS) is 9.76. The summed E-state index contributed by atoms with van der Waals surface area (Å²) in [5, 5.41) is 22.8. The Morgan fingerprint density at radius 1 is 1.29 bits per heavy atom. The molecule has 0 radical (unpaired) electrons. The molecule has 0 spiro atoms. The van der Waals surface area contributed by atoms with E-state index in [1.54, 1.807) is 49.3 Å². The number of hydrogen-bond acceptors (Lipinski definition) is 6. The van der Waals surface area contributed by atoms with E-state index >= 15 is 0 Å². The summed E-state index contributed by atoms with van der Waals surface area (Å²) in [6.45, 7) is 0. The fourth-order valence-electron chi connectivity index (χ4n) is 1.85. The Hall–Kier alpha value is -3.14. The van der Waals surface area contributed by atoms with Gasteiger partial charge in [0.1, 0.15) is 5.82 Å². The fourth-order valence-corrected chi connectivity index (χ4v) is 1.85. The van der Waals surface area contributed by atoms with Gasteiger partial charge in [-0.15, -0.1) is 0 Å². The van der Waals surface area contributed by atoms with Crippen LogP contribution in [0.4, 0.5) is 23.0 Å². The van der Waals surface area contributed by atoms with Crippen LogP contribution in [0, 0.1) is 21.4 Å². The number of nitriles is 1. The molecule has 0 aliphatic carbocycles. The van der Waals surface area contributed by atoms with Crippen molar-refractivity contribution in [3.63, 3.8) is 0 Å². The zero-order valence-corrected chi connectivity index (χ0v) is 11.6. The van der Waals surface area contributed by atoms with Crippen molar-refractivity contribution >= 4 is 23.0 Å². The van der Waals surface area contributed by atoms with E-state index in [4.69, 9.17) is 5.26 Å². The molecular weight excluding hydrogens is 270 g/mol. The molecule has 106 valence electrons. The van der Waals surface area contributed by atoms with Crippen molar-refractivity contribution in [2.24, 2.45) is 0 Å². The number of aromatic nitrogens is 1. The summed E-state index contributed by atoms with van der Waals surface area (Å²) in [6.07, 6.45) is 0. The van der Waals surface area contributed by atoms with Crippen molar-refractivity contribution in [2.75, 3.05) is 24.3 Å². The average Bonchev–Trinajstić information content (AvgIpc) is 2.53. The molecular formula is C14H13N5O2. The summed E-state index contributed by atoms with van der Waals surface area (Å²) in [4.78, 5) is 16.5. The third-order valence-electron chi connectivity index (χ3n) is 3.01. The molecule has 2 aromatic rings. The van der Waals surface area contributed by atoms with E-state index in [1.807, 2.05) is 6.07 Å². The first-order valence-electron chi connectivity index (χ1n) is 6.14. The molecule has 1 aromatic carbocycles. The van der Waals surface area contributed by atoms with E-state index in [2.05, 4.69) is 10.3 Å². The number of pyridine rings is 1. The topological polar surface area (TPSA) is 95.1 Å². The Morgan fingerprint density at radius 2 is 1.95 bits per heavy atom. The monoisotopic (exact) mass is 283 g/mol. The van der Waals surface area contributed by atoms with Gasteiger partial charge in [0.2, 0.25) is 5.82 Å². The van der Waals surface area contributed by atoms with Gasteiger partial charge in [-0.3, -0.25) is 10.1 Å². The molecule has 7 nitrogen and oxygen atoms in total. The maximum absolute atomic E-state index is 11.1. The van der Waals surface area contributed by atoms with Crippen LogP contribution < -0.4 is 10.2 Å². The van der Waals surface area contributed by atoms with Crippen molar-refractivity contribution in [1.82, 2.24) is 4.98 Å². The van der Waals surface area contributed by atoms with E-state index < -0.39 is 4.92 Å². The van der Waals surface area contributed by atoms with Crippen LogP contribution >= 0.6 is 0 Å². The Kier molecular flexibility index (Phi) is 4.00. The lowest BCUT2D eigenvalue weighted by Crippen LogP contribution is -2.14. The van der Waals surface area contributed by atoms with Crippen LogP contribution in [0.15, 0.2) is 36.4 Å². The molecule has 0 atom stereocenters.